The highest BCUT2D eigenvalue weighted by molar-refractivity contribution is 7.97. The molecule has 4 aromatic rings. The molecule has 7 heteroatoms. The van der Waals surface area contributed by atoms with Crippen molar-refractivity contribution in [2.24, 2.45) is 0 Å². The molecule has 3 aromatic carbocycles. The molecular formula is C26H26N4O2S. The minimum absolute atomic E-state index is 0.118. The number of amides is 2. The first kappa shape index (κ1) is 22.6. The Kier molecular flexibility index (Phi) is 7.10. The summed E-state index contributed by atoms with van der Waals surface area (Å²) >= 11 is 1.66. The van der Waals surface area contributed by atoms with Gasteiger partial charge in [0.15, 0.2) is 0 Å². The zero-order valence-electron chi connectivity index (χ0n) is 18.6. The molecule has 1 aromatic heterocycles. The number of aromatic nitrogens is 2. The Hall–Kier alpha value is -3.58. The first-order valence-corrected chi connectivity index (χ1v) is 12.1. The van der Waals surface area contributed by atoms with E-state index in [-0.39, 0.29) is 24.4 Å². The summed E-state index contributed by atoms with van der Waals surface area (Å²) < 4.78 is 1.93. The molecule has 0 bridgehead atoms. The normalized spacial score (nSPS) is 11.8. The second-order valence-corrected chi connectivity index (χ2v) is 8.60. The number of thioether (sulfide) groups is 1. The molecule has 0 aliphatic rings. The minimum Gasteiger partial charge on any atom is -0.345 e. The number of nitrogens with one attached hydrogen (secondary N) is 2. The lowest BCUT2D eigenvalue weighted by molar-refractivity contribution is -0.116. The van der Waals surface area contributed by atoms with E-state index in [1.165, 1.54) is 0 Å². The minimum atomic E-state index is -0.238. The van der Waals surface area contributed by atoms with E-state index >= 15 is 0 Å². The van der Waals surface area contributed by atoms with Gasteiger partial charge in [-0.3, -0.25) is 9.59 Å². The van der Waals surface area contributed by atoms with Crippen molar-refractivity contribution in [1.29, 1.82) is 0 Å². The van der Waals surface area contributed by atoms with Crippen LogP contribution in [0.1, 0.15) is 34.7 Å². The molecule has 1 heterocycles. The van der Waals surface area contributed by atoms with E-state index in [9.17, 15) is 9.59 Å². The number of hydrogen-bond donors (Lipinski definition) is 2. The van der Waals surface area contributed by atoms with Gasteiger partial charge in [-0.15, -0.1) is 0 Å². The molecule has 2 amide bonds. The first-order valence-electron chi connectivity index (χ1n) is 10.7. The Balaban J connectivity index is 1.51. The van der Waals surface area contributed by atoms with Crippen molar-refractivity contribution in [3.05, 3.63) is 95.8 Å². The molecule has 4 rings (SSSR count). The highest BCUT2D eigenvalue weighted by atomic mass is 32.2. The number of carbonyl (C=O) groups excluding carboxylic acids is 2. The van der Waals surface area contributed by atoms with Crippen molar-refractivity contribution in [1.82, 2.24) is 14.9 Å². The van der Waals surface area contributed by atoms with Gasteiger partial charge in [0.25, 0.3) is 5.91 Å². The fourth-order valence-corrected chi connectivity index (χ4v) is 4.24. The highest BCUT2D eigenvalue weighted by Gasteiger charge is 2.18. The largest absolute Gasteiger partial charge is 0.345 e. The van der Waals surface area contributed by atoms with Gasteiger partial charge >= 0.3 is 0 Å². The molecule has 2 N–H and O–H groups in total. The SMILES string of the molecule is CSCc1nc2ccccc2n1CC(=O)Nc1ccccc1C(=O)NC(C)c1ccccc1. The number of para-hydroxylation sites is 3. The average Bonchev–Trinajstić information content (AvgIpc) is 3.17. The van der Waals surface area contributed by atoms with Crippen LogP contribution >= 0.6 is 11.8 Å². The van der Waals surface area contributed by atoms with Gasteiger partial charge in [0, 0.05) is 0 Å². The van der Waals surface area contributed by atoms with Crippen LogP contribution in [0.5, 0.6) is 0 Å². The second-order valence-electron chi connectivity index (χ2n) is 7.74. The number of nitrogens with zero attached hydrogens (tertiary/aromatic N) is 2. The lowest BCUT2D eigenvalue weighted by Crippen LogP contribution is -2.28. The summed E-state index contributed by atoms with van der Waals surface area (Å²) in [5.74, 6) is 1.11. The van der Waals surface area contributed by atoms with Gasteiger partial charge in [0.2, 0.25) is 5.91 Å². The maximum Gasteiger partial charge on any atom is 0.253 e. The number of hydrogen-bond acceptors (Lipinski definition) is 4. The van der Waals surface area contributed by atoms with Gasteiger partial charge in [-0.25, -0.2) is 4.98 Å². The van der Waals surface area contributed by atoms with Crippen LogP contribution in [0.4, 0.5) is 5.69 Å². The van der Waals surface area contributed by atoms with E-state index in [1.54, 1.807) is 36.0 Å². The lowest BCUT2D eigenvalue weighted by atomic mass is 10.1. The number of benzene rings is 3. The maximum absolute atomic E-state index is 13.0. The predicted molar refractivity (Wildman–Crippen MR) is 134 cm³/mol. The van der Waals surface area contributed by atoms with Crippen molar-refractivity contribution in [2.75, 3.05) is 11.6 Å². The molecule has 0 aliphatic heterocycles. The van der Waals surface area contributed by atoms with Gasteiger partial charge in [-0.2, -0.15) is 11.8 Å². The summed E-state index contributed by atoms with van der Waals surface area (Å²) in [4.78, 5) is 30.6. The number of fused-ring (bicyclic) bond motifs is 1. The maximum atomic E-state index is 13.0. The molecule has 0 fully saturated rings. The topological polar surface area (TPSA) is 76.0 Å². The molecule has 33 heavy (non-hydrogen) atoms. The summed E-state index contributed by atoms with van der Waals surface area (Å²) in [6.45, 7) is 2.05. The van der Waals surface area contributed by atoms with Crippen LogP contribution in [-0.4, -0.2) is 27.6 Å². The fourth-order valence-electron chi connectivity index (χ4n) is 3.76. The standard InChI is InChI=1S/C26H26N4O2S/c1-18(19-10-4-3-5-11-19)27-26(32)20-12-6-7-13-21(20)29-25(31)16-30-23-15-9-8-14-22(23)28-24(30)17-33-2/h3-15,18H,16-17H2,1-2H3,(H,27,32)(H,29,31). The fraction of sp³-hybridized carbons (Fsp3) is 0.192. The van der Waals surface area contributed by atoms with Crippen LogP contribution in [0, 0.1) is 0 Å². The summed E-state index contributed by atoms with van der Waals surface area (Å²) in [6, 6.07) is 24.5. The van der Waals surface area contributed by atoms with Crippen LogP contribution in [0.25, 0.3) is 11.0 Å². The Labute approximate surface area is 197 Å². The number of anilines is 1. The molecule has 0 saturated heterocycles. The Morgan fingerprint density at radius 3 is 2.45 bits per heavy atom. The third kappa shape index (κ3) is 5.26. The molecule has 1 unspecified atom stereocenters. The van der Waals surface area contributed by atoms with Gasteiger partial charge in [0.05, 0.1) is 34.1 Å². The van der Waals surface area contributed by atoms with Crippen LogP contribution in [0.3, 0.4) is 0 Å². The summed E-state index contributed by atoms with van der Waals surface area (Å²) in [5.41, 5.74) is 3.70. The second kappa shape index (κ2) is 10.4. The third-order valence-electron chi connectivity index (χ3n) is 5.40. The Morgan fingerprint density at radius 2 is 1.67 bits per heavy atom. The van der Waals surface area contributed by atoms with Crippen LogP contribution < -0.4 is 10.6 Å². The monoisotopic (exact) mass is 458 g/mol. The Bertz CT molecular complexity index is 1270. The van der Waals surface area contributed by atoms with Crippen LogP contribution in [0.15, 0.2) is 78.9 Å². The van der Waals surface area contributed by atoms with Gasteiger partial charge < -0.3 is 15.2 Å². The molecule has 0 saturated carbocycles. The van der Waals surface area contributed by atoms with Crippen molar-refractivity contribution >= 4 is 40.3 Å². The molecule has 6 nitrogen and oxygen atoms in total. The third-order valence-corrected chi connectivity index (χ3v) is 5.95. The van der Waals surface area contributed by atoms with E-state index in [2.05, 4.69) is 15.6 Å². The van der Waals surface area contributed by atoms with E-state index < -0.39 is 0 Å². The van der Waals surface area contributed by atoms with Gasteiger partial charge in [-0.1, -0.05) is 54.6 Å². The van der Waals surface area contributed by atoms with Crippen molar-refractivity contribution < 1.29 is 9.59 Å². The Morgan fingerprint density at radius 1 is 0.970 bits per heavy atom. The molecular weight excluding hydrogens is 432 g/mol. The van der Waals surface area contributed by atoms with Crippen LogP contribution in [0.2, 0.25) is 0 Å². The summed E-state index contributed by atoms with van der Waals surface area (Å²) in [5, 5.41) is 5.94. The predicted octanol–water partition coefficient (Wildman–Crippen LogP) is 5.03. The number of imidazole rings is 1. The van der Waals surface area contributed by atoms with E-state index in [0.717, 1.165) is 22.4 Å². The molecule has 0 radical (unpaired) electrons. The highest BCUT2D eigenvalue weighted by Crippen LogP contribution is 2.21. The molecule has 0 aliphatic carbocycles. The molecule has 0 spiro atoms. The van der Waals surface area contributed by atoms with E-state index in [4.69, 9.17) is 0 Å². The van der Waals surface area contributed by atoms with E-state index in [0.29, 0.717) is 17.0 Å². The van der Waals surface area contributed by atoms with Gasteiger partial charge in [0.1, 0.15) is 12.4 Å². The summed E-state index contributed by atoms with van der Waals surface area (Å²) in [7, 11) is 0. The van der Waals surface area contributed by atoms with E-state index in [1.807, 2.05) is 72.3 Å². The van der Waals surface area contributed by atoms with Crippen molar-refractivity contribution in [3.63, 3.8) is 0 Å². The van der Waals surface area contributed by atoms with Gasteiger partial charge in [-0.05, 0) is 43.0 Å². The molecule has 168 valence electrons. The smallest absolute Gasteiger partial charge is 0.253 e. The zero-order valence-corrected chi connectivity index (χ0v) is 19.4. The van der Waals surface area contributed by atoms with Crippen molar-refractivity contribution in [2.45, 2.75) is 25.3 Å². The average molecular weight is 459 g/mol. The molecule has 1 atom stereocenters. The first-order chi connectivity index (χ1) is 16.1. The van der Waals surface area contributed by atoms with Crippen molar-refractivity contribution in [3.8, 4) is 0 Å². The summed E-state index contributed by atoms with van der Waals surface area (Å²) in [6.07, 6.45) is 2.01. The quantitative estimate of drug-likeness (QED) is 0.388. The van der Waals surface area contributed by atoms with Crippen LogP contribution in [-0.2, 0) is 17.1 Å². The number of carbonyl (C=O) groups is 2. The zero-order chi connectivity index (χ0) is 23.2. The number of rotatable bonds is 8. The lowest BCUT2D eigenvalue weighted by Gasteiger charge is -2.17.